The number of alkyl halides is 1. The van der Waals surface area contributed by atoms with Gasteiger partial charge >= 0.3 is 6.09 Å². The number of hydrogen-bond donors (Lipinski definition) is 2. The number of benzene rings is 1. The van der Waals surface area contributed by atoms with Crippen LogP contribution in [-0.2, 0) is 6.54 Å². The molecule has 0 spiro atoms. The summed E-state index contributed by atoms with van der Waals surface area (Å²) in [7, 11) is 0. The van der Waals surface area contributed by atoms with E-state index in [2.05, 4.69) is 5.32 Å². The van der Waals surface area contributed by atoms with Crippen molar-refractivity contribution >= 4 is 17.7 Å². The van der Waals surface area contributed by atoms with Crippen molar-refractivity contribution < 1.29 is 18.7 Å². The third-order valence-electron chi connectivity index (χ3n) is 3.27. The van der Waals surface area contributed by atoms with Crippen molar-refractivity contribution in [3.63, 3.8) is 0 Å². The van der Waals surface area contributed by atoms with Crippen LogP contribution in [-0.4, -0.2) is 41.4 Å². The van der Waals surface area contributed by atoms with Crippen LogP contribution in [0.2, 0.25) is 5.02 Å². The monoisotopic (exact) mass is 304 g/mol. The van der Waals surface area contributed by atoms with Gasteiger partial charge in [-0.25, -0.2) is 13.6 Å². The summed E-state index contributed by atoms with van der Waals surface area (Å²) in [5, 5.41) is 12.0. The fourth-order valence-corrected chi connectivity index (χ4v) is 2.46. The molecule has 1 aliphatic rings. The number of carboxylic acid groups (broad SMARTS) is 1. The lowest BCUT2D eigenvalue weighted by atomic mass is 10.1. The zero-order valence-electron chi connectivity index (χ0n) is 10.7. The van der Waals surface area contributed by atoms with Crippen molar-refractivity contribution in [1.82, 2.24) is 10.2 Å². The topological polar surface area (TPSA) is 52.6 Å². The number of rotatable bonds is 4. The molecule has 0 bridgehead atoms. The second kappa shape index (κ2) is 6.37. The summed E-state index contributed by atoms with van der Waals surface area (Å²) < 4.78 is 26.8. The summed E-state index contributed by atoms with van der Waals surface area (Å²) >= 11 is 5.66. The van der Waals surface area contributed by atoms with Crippen molar-refractivity contribution in [2.45, 2.75) is 25.2 Å². The minimum absolute atomic E-state index is 0.0457. The second-order valence-electron chi connectivity index (χ2n) is 4.81. The van der Waals surface area contributed by atoms with E-state index in [-0.39, 0.29) is 42.7 Å². The molecule has 0 radical (unpaired) electrons. The predicted octanol–water partition coefficient (Wildman–Crippen LogP) is 2.66. The summed E-state index contributed by atoms with van der Waals surface area (Å²) in [5.41, 5.74) is 0.203. The molecule has 1 heterocycles. The van der Waals surface area contributed by atoms with Crippen molar-refractivity contribution in [2.24, 2.45) is 0 Å². The van der Waals surface area contributed by atoms with E-state index in [1.807, 2.05) is 0 Å². The van der Waals surface area contributed by atoms with E-state index < -0.39 is 18.1 Å². The minimum Gasteiger partial charge on any atom is -0.465 e. The highest BCUT2D eigenvalue weighted by Crippen LogP contribution is 2.20. The van der Waals surface area contributed by atoms with E-state index in [1.54, 1.807) is 6.07 Å². The van der Waals surface area contributed by atoms with E-state index in [9.17, 15) is 13.6 Å². The fraction of sp³-hybridized carbons (Fsp3) is 0.462. The van der Waals surface area contributed by atoms with Crippen LogP contribution < -0.4 is 5.32 Å². The predicted molar refractivity (Wildman–Crippen MR) is 71.1 cm³/mol. The number of nitrogens with one attached hydrogen (secondary N) is 1. The Kier molecular flexibility index (Phi) is 4.77. The molecule has 1 aromatic rings. The van der Waals surface area contributed by atoms with Crippen LogP contribution in [0.5, 0.6) is 0 Å². The molecule has 2 rings (SSSR count). The van der Waals surface area contributed by atoms with Gasteiger partial charge in [0, 0.05) is 24.7 Å². The van der Waals surface area contributed by atoms with E-state index >= 15 is 0 Å². The third-order valence-corrected chi connectivity index (χ3v) is 3.56. The van der Waals surface area contributed by atoms with Gasteiger partial charge in [-0.2, -0.15) is 0 Å². The Morgan fingerprint density at radius 1 is 1.55 bits per heavy atom. The molecular weight excluding hydrogens is 290 g/mol. The van der Waals surface area contributed by atoms with Crippen LogP contribution in [0.1, 0.15) is 12.0 Å². The van der Waals surface area contributed by atoms with Gasteiger partial charge in [-0.15, -0.1) is 0 Å². The molecule has 2 atom stereocenters. The van der Waals surface area contributed by atoms with Crippen molar-refractivity contribution in [3.8, 4) is 0 Å². The van der Waals surface area contributed by atoms with Crippen LogP contribution in [0.3, 0.4) is 0 Å². The number of nitrogens with zero attached hydrogens (tertiary/aromatic N) is 1. The lowest BCUT2D eigenvalue weighted by Gasteiger charge is -2.23. The fourth-order valence-electron chi connectivity index (χ4n) is 2.26. The molecule has 0 saturated carbocycles. The SMILES string of the molecule is O=C(O)N(Cc1cccc(Cl)c1F)C[C@@H]1C[C@@H](F)CN1. The summed E-state index contributed by atoms with van der Waals surface area (Å²) in [6.45, 7) is 0.224. The highest BCUT2D eigenvalue weighted by molar-refractivity contribution is 6.30. The standard InChI is InChI=1S/C13H15ClF2N2O2/c14-11-3-1-2-8(12(11)16)6-18(13(19)20)7-10-4-9(15)5-17-10/h1-3,9-10,17H,4-7H2,(H,19,20)/t9-,10+/m1/s1. The summed E-state index contributed by atoms with van der Waals surface area (Å²) in [6, 6.07) is 4.20. The summed E-state index contributed by atoms with van der Waals surface area (Å²) in [4.78, 5) is 12.3. The maximum absolute atomic E-state index is 13.8. The van der Waals surface area contributed by atoms with E-state index in [0.29, 0.717) is 0 Å². The quantitative estimate of drug-likeness (QED) is 0.899. The number of amides is 1. The molecule has 7 heteroatoms. The van der Waals surface area contributed by atoms with Gasteiger partial charge in [-0.05, 0) is 12.5 Å². The highest BCUT2D eigenvalue weighted by Gasteiger charge is 2.27. The maximum atomic E-state index is 13.8. The third kappa shape index (κ3) is 3.58. The van der Waals surface area contributed by atoms with Gasteiger partial charge in [0.1, 0.15) is 12.0 Å². The molecule has 1 aromatic carbocycles. The second-order valence-corrected chi connectivity index (χ2v) is 5.22. The van der Waals surface area contributed by atoms with E-state index in [1.165, 1.54) is 12.1 Å². The average molecular weight is 305 g/mol. The van der Waals surface area contributed by atoms with Crippen LogP contribution >= 0.6 is 11.6 Å². The van der Waals surface area contributed by atoms with Gasteiger partial charge in [0.2, 0.25) is 0 Å². The Morgan fingerprint density at radius 3 is 2.90 bits per heavy atom. The van der Waals surface area contributed by atoms with Gasteiger partial charge in [0.25, 0.3) is 0 Å². The smallest absolute Gasteiger partial charge is 0.407 e. The lowest BCUT2D eigenvalue weighted by molar-refractivity contribution is 0.136. The molecule has 2 N–H and O–H groups in total. The van der Waals surface area contributed by atoms with Gasteiger partial charge < -0.3 is 15.3 Å². The lowest BCUT2D eigenvalue weighted by Crippen LogP contribution is -2.40. The van der Waals surface area contributed by atoms with E-state index in [4.69, 9.17) is 16.7 Å². The molecule has 0 unspecified atom stereocenters. The largest absolute Gasteiger partial charge is 0.465 e. The van der Waals surface area contributed by atoms with Crippen molar-refractivity contribution in [3.05, 3.63) is 34.6 Å². The zero-order valence-corrected chi connectivity index (χ0v) is 11.4. The molecular formula is C13H15ClF2N2O2. The molecule has 0 aromatic heterocycles. The number of hydrogen-bond acceptors (Lipinski definition) is 2. The minimum atomic E-state index is -1.17. The first-order chi connectivity index (χ1) is 9.47. The zero-order chi connectivity index (χ0) is 14.7. The molecule has 1 amide bonds. The first-order valence-electron chi connectivity index (χ1n) is 6.25. The summed E-state index contributed by atoms with van der Waals surface area (Å²) in [5.74, 6) is -0.622. The Morgan fingerprint density at radius 2 is 2.30 bits per heavy atom. The van der Waals surface area contributed by atoms with Crippen LogP contribution in [0, 0.1) is 5.82 Å². The number of halogens is 3. The molecule has 4 nitrogen and oxygen atoms in total. The Bertz CT molecular complexity index is 501. The molecule has 1 saturated heterocycles. The van der Waals surface area contributed by atoms with Crippen LogP contribution in [0.15, 0.2) is 18.2 Å². The Labute approximate surface area is 120 Å². The first kappa shape index (κ1) is 15.0. The van der Waals surface area contributed by atoms with Crippen molar-refractivity contribution in [2.75, 3.05) is 13.1 Å². The molecule has 20 heavy (non-hydrogen) atoms. The Hall–Kier alpha value is -1.40. The molecule has 110 valence electrons. The van der Waals surface area contributed by atoms with E-state index in [0.717, 1.165) is 4.90 Å². The molecule has 1 fully saturated rings. The van der Waals surface area contributed by atoms with Crippen LogP contribution in [0.25, 0.3) is 0 Å². The van der Waals surface area contributed by atoms with Gasteiger partial charge in [-0.3, -0.25) is 0 Å². The number of carbonyl (C=O) groups is 1. The van der Waals surface area contributed by atoms with Gasteiger partial charge in [0.05, 0.1) is 11.6 Å². The van der Waals surface area contributed by atoms with Gasteiger partial charge in [0.15, 0.2) is 0 Å². The first-order valence-corrected chi connectivity index (χ1v) is 6.63. The Balaban J connectivity index is 2.06. The summed E-state index contributed by atoms with van der Waals surface area (Å²) in [6.07, 6.45) is -1.87. The van der Waals surface area contributed by atoms with Gasteiger partial charge in [-0.1, -0.05) is 23.7 Å². The highest BCUT2D eigenvalue weighted by atomic mass is 35.5. The van der Waals surface area contributed by atoms with Crippen molar-refractivity contribution in [1.29, 1.82) is 0 Å². The van der Waals surface area contributed by atoms with Crippen LogP contribution in [0.4, 0.5) is 13.6 Å². The maximum Gasteiger partial charge on any atom is 0.407 e. The average Bonchev–Trinajstić information content (AvgIpc) is 2.79. The normalized spacial score (nSPS) is 21.9. The molecule has 0 aliphatic carbocycles. The molecule has 1 aliphatic heterocycles.